The van der Waals surface area contributed by atoms with E-state index in [1.807, 2.05) is 61.5 Å². The predicted molar refractivity (Wildman–Crippen MR) is 142 cm³/mol. The Morgan fingerprint density at radius 1 is 0.882 bits per heavy atom. The molecule has 0 atom stereocenters. The minimum absolute atomic E-state index is 0.238. The first-order valence-electron chi connectivity index (χ1n) is 10.7. The van der Waals surface area contributed by atoms with Gasteiger partial charge in [-0.05, 0) is 83.6 Å². The molecule has 4 aromatic carbocycles. The van der Waals surface area contributed by atoms with E-state index in [0.717, 1.165) is 14.9 Å². The number of carbonyl (C=O) groups excluding carboxylic acids is 1. The van der Waals surface area contributed by atoms with Crippen LogP contribution in [0.1, 0.15) is 21.5 Å². The Hall–Kier alpha value is -3.52. The van der Waals surface area contributed by atoms with Crippen molar-refractivity contribution in [3.05, 3.63) is 111 Å². The zero-order valence-corrected chi connectivity index (χ0v) is 21.0. The van der Waals surface area contributed by atoms with Gasteiger partial charge in [0, 0.05) is 11.3 Å². The number of anilines is 1. The summed E-state index contributed by atoms with van der Waals surface area (Å²) in [6.45, 7) is 2.46. The second kappa shape index (κ2) is 11.1. The van der Waals surface area contributed by atoms with E-state index in [1.165, 1.54) is 5.56 Å². The summed E-state index contributed by atoms with van der Waals surface area (Å²) < 4.78 is 18.1. The maximum Gasteiger partial charge on any atom is 0.255 e. The van der Waals surface area contributed by atoms with Crippen molar-refractivity contribution in [1.82, 2.24) is 0 Å². The van der Waals surface area contributed by atoms with Gasteiger partial charge in [-0.15, -0.1) is 0 Å². The number of hydrogen-bond acceptors (Lipinski definition) is 4. The molecule has 0 aliphatic heterocycles. The smallest absolute Gasteiger partial charge is 0.255 e. The lowest BCUT2D eigenvalue weighted by Gasteiger charge is -2.15. The highest BCUT2D eigenvalue weighted by atomic mass is 127. The van der Waals surface area contributed by atoms with Crippen molar-refractivity contribution in [3.63, 3.8) is 0 Å². The molecular formula is C28H24INO4. The van der Waals surface area contributed by atoms with Gasteiger partial charge in [0.25, 0.3) is 5.91 Å². The number of ether oxygens (including phenoxy) is 3. The van der Waals surface area contributed by atoms with E-state index < -0.39 is 0 Å². The van der Waals surface area contributed by atoms with E-state index in [1.54, 1.807) is 31.4 Å². The lowest BCUT2D eigenvalue weighted by molar-refractivity contribution is 0.102. The maximum atomic E-state index is 12.9. The van der Waals surface area contributed by atoms with Gasteiger partial charge in [-0.25, -0.2) is 0 Å². The summed E-state index contributed by atoms with van der Waals surface area (Å²) in [6, 6.07) is 28.4. The van der Waals surface area contributed by atoms with E-state index in [4.69, 9.17) is 14.2 Å². The number of carbonyl (C=O) groups is 1. The van der Waals surface area contributed by atoms with Crippen LogP contribution in [0.25, 0.3) is 0 Å². The molecule has 0 heterocycles. The lowest BCUT2D eigenvalue weighted by Crippen LogP contribution is -2.13. The van der Waals surface area contributed by atoms with Gasteiger partial charge in [0.2, 0.25) is 0 Å². The van der Waals surface area contributed by atoms with Crippen LogP contribution in [-0.4, -0.2) is 13.0 Å². The molecule has 34 heavy (non-hydrogen) atoms. The molecule has 0 fully saturated rings. The van der Waals surface area contributed by atoms with E-state index >= 15 is 0 Å². The molecule has 0 radical (unpaired) electrons. The average Bonchev–Trinajstić information content (AvgIpc) is 2.85. The molecule has 0 saturated carbocycles. The van der Waals surface area contributed by atoms with Gasteiger partial charge in [0.1, 0.15) is 18.1 Å². The second-order valence-corrected chi connectivity index (χ2v) is 8.82. The van der Waals surface area contributed by atoms with Crippen LogP contribution < -0.4 is 19.5 Å². The third kappa shape index (κ3) is 6.08. The van der Waals surface area contributed by atoms with Gasteiger partial charge in [-0.2, -0.15) is 0 Å². The molecule has 4 aromatic rings. The number of methoxy groups -OCH3 is 1. The van der Waals surface area contributed by atoms with Crippen LogP contribution in [0.15, 0.2) is 91.0 Å². The summed E-state index contributed by atoms with van der Waals surface area (Å²) in [4.78, 5) is 12.9. The fraction of sp³-hybridized carbons (Fsp3) is 0.107. The molecule has 0 spiro atoms. The first-order valence-corrected chi connectivity index (χ1v) is 11.8. The number of benzene rings is 4. The monoisotopic (exact) mass is 565 g/mol. The van der Waals surface area contributed by atoms with Crippen LogP contribution in [0.5, 0.6) is 23.0 Å². The van der Waals surface area contributed by atoms with Gasteiger partial charge in [-0.1, -0.05) is 48.0 Å². The van der Waals surface area contributed by atoms with Crippen molar-refractivity contribution in [3.8, 4) is 23.0 Å². The standard InChI is InChI=1S/C28H24INO4/c1-19-8-10-20(11-9-19)18-33-27-25(29)16-21(17-26(27)32-2)28(31)30-22-12-14-24(15-13-22)34-23-6-4-3-5-7-23/h3-17H,18H2,1-2H3,(H,30,31). The molecule has 0 aliphatic carbocycles. The van der Waals surface area contributed by atoms with Crippen molar-refractivity contribution < 1.29 is 19.0 Å². The van der Waals surface area contributed by atoms with Crippen molar-refractivity contribution >= 4 is 34.2 Å². The molecule has 0 unspecified atom stereocenters. The summed E-state index contributed by atoms with van der Waals surface area (Å²) in [5.41, 5.74) is 3.40. The molecule has 0 saturated heterocycles. The molecule has 172 valence electrons. The Bertz CT molecular complexity index is 1260. The Kier molecular flexibility index (Phi) is 7.69. The molecule has 4 rings (SSSR count). The van der Waals surface area contributed by atoms with Crippen LogP contribution in [0, 0.1) is 10.5 Å². The number of nitrogens with one attached hydrogen (secondary N) is 1. The summed E-state index contributed by atoms with van der Waals surface area (Å²) in [5, 5.41) is 2.92. The zero-order chi connectivity index (χ0) is 23.9. The number of para-hydroxylation sites is 1. The highest BCUT2D eigenvalue weighted by Crippen LogP contribution is 2.35. The Labute approximate surface area is 212 Å². The number of halogens is 1. The molecule has 1 amide bonds. The number of rotatable bonds is 8. The zero-order valence-electron chi connectivity index (χ0n) is 18.9. The Morgan fingerprint density at radius 2 is 1.56 bits per heavy atom. The average molecular weight is 565 g/mol. The van der Waals surface area contributed by atoms with Crippen LogP contribution in [0.3, 0.4) is 0 Å². The fourth-order valence-corrected chi connectivity index (χ4v) is 4.02. The summed E-state index contributed by atoms with van der Waals surface area (Å²) in [7, 11) is 1.57. The maximum absolute atomic E-state index is 12.9. The molecular weight excluding hydrogens is 541 g/mol. The van der Waals surface area contributed by atoms with Gasteiger partial charge in [-0.3, -0.25) is 4.79 Å². The second-order valence-electron chi connectivity index (χ2n) is 7.66. The summed E-state index contributed by atoms with van der Waals surface area (Å²) in [5.74, 6) is 2.33. The van der Waals surface area contributed by atoms with E-state index in [2.05, 4.69) is 40.0 Å². The topological polar surface area (TPSA) is 56.8 Å². The van der Waals surface area contributed by atoms with Crippen molar-refractivity contribution in [1.29, 1.82) is 0 Å². The van der Waals surface area contributed by atoms with Gasteiger partial charge < -0.3 is 19.5 Å². The van der Waals surface area contributed by atoms with Gasteiger partial charge in [0.15, 0.2) is 11.5 Å². The molecule has 0 aromatic heterocycles. The van der Waals surface area contributed by atoms with Gasteiger partial charge >= 0.3 is 0 Å². The molecule has 5 nitrogen and oxygen atoms in total. The first-order chi connectivity index (χ1) is 16.5. The third-order valence-corrected chi connectivity index (χ3v) is 5.89. The Balaban J connectivity index is 1.43. The number of amides is 1. The largest absolute Gasteiger partial charge is 0.493 e. The number of aryl methyl sites for hydroxylation is 1. The van der Waals surface area contributed by atoms with E-state index in [-0.39, 0.29) is 5.91 Å². The van der Waals surface area contributed by atoms with Crippen molar-refractivity contribution in [2.24, 2.45) is 0 Å². The van der Waals surface area contributed by atoms with Crippen LogP contribution >= 0.6 is 22.6 Å². The predicted octanol–water partition coefficient (Wildman–Crippen LogP) is 7.23. The van der Waals surface area contributed by atoms with E-state index in [0.29, 0.717) is 35.1 Å². The molecule has 0 aliphatic rings. The normalized spacial score (nSPS) is 10.4. The van der Waals surface area contributed by atoms with Crippen molar-refractivity contribution in [2.75, 3.05) is 12.4 Å². The van der Waals surface area contributed by atoms with Crippen molar-refractivity contribution in [2.45, 2.75) is 13.5 Å². The quantitative estimate of drug-likeness (QED) is 0.229. The summed E-state index contributed by atoms with van der Waals surface area (Å²) in [6.07, 6.45) is 0. The number of hydrogen-bond donors (Lipinski definition) is 1. The molecule has 6 heteroatoms. The lowest BCUT2D eigenvalue weighted by atomic mass is 10.1. The fourth-order valence-electron chi connectivity index (χ4n) is 3.27. The first kappa shape index (κ1) is 23.6. The minimum atomic E-state index is -0.238. The van der Waals surface area contributed by atoms with Crippen LogP contribution in [-0.2, 0) is 6.61 Å². The SMILES string of the molecule is COc1cc(C(=O)Nc2ccc(Oc3ccccc3)cc2)cc(I)c1OCc1ccc(C)cc1. The highest BCUT2D eigenvalue weighted by Gasteiger charge is 2.16. The van der Waals surface area contributed by atoms with E-state index in [9.17, 15) is 4.79 Å². The van der Waals surface area contributed by atoms with Crippen LogP contribution in [0.4, 0.5) is 5.69 Å². The van der Waals surface area contributed by atoms with Crippen LogP contribution in [0.2, 0.25) is 0 Å². The Morgan fingerprint density at radius 3 is 2.24 bits per heavy atom. The highest BCUT2D eigenvalue weighted by molar-refractivity contribution is 14.1. The minimum Gasteiger partial charge on any atom is -0.493 e. The third-order valence-electron chi connectivity index (χ3n) is 5.09. The van der Waals surface area contributed by atoms with Gasteiger partial charge in [0.05, 0.1) is 10.7 Å². The molecule has 0 bridgehead atoms. The summed E-state index contributed by atoms with van der Waals surface area (Å²) >= 11 is 2.16. The molecule has 1 N–H and O–H groups in total.